The molecule has 0 aliphatic carbocycles. The van der Waals surface area contributed by atoms with Gasteiger partial charge in [-0.1, -0.05) is 35.9 Å². The highest BCUT2D eigenvalue weighted by molar-refractivity contribution is 5.94. The van der Waals surface area contributed by atoms with Gasteiger partial charge in [0.25, 0.3) is 5.91 Å². The Bertz CT molecular complexity index is 1120. The molecule has 3 aromatic carbocycles. The fourth-order valence-corrected chi connectivity index (χ4v) is 4.24. The van der Waals surface area contributed by atoms with Crippen molar-refractivity contribution in [3.63, 3.8) is 0 Å². The lowest BCUT2D eigenvalue weighted by Gasteiger charge is -2.26. The molecule has 1 saturated heterocycles. The number of fused-ring (bicyclic) bond motifs is 1. The molecule has 1 amide bonds. The maximum absolute atomic E-state index is 13.3. The van der Waals surface area contributed by atoms with Crippen LogP contribution in [0.15, 0.2) is 66.7 Å². The fraction of sp³-hybridized carbons (Fsp3) is 0.321. The minimum Gasteiger partial charge on any atom is -0.489 e. The lowest BCUT2D eigenvalue weighted by atomic mass is 10.1. The van der Waals surface area contributed by atoms with Gasteiger partial charge in [-0.15, -0.1) is 0 Å². The van der Waals surface area contributed by atoms with Gasteiger partial charge in [0.1, 0.15) is 12.4 Å². The van der Waals surface area contributed by atoms with Crippen LogP contribution in [-0.4, -0.2) is 36.9 Å². The quantitative estimate of drug-likeness (QED) is 0.468. The number of hydrogen-bond donors (Lipinski definition) is 0. The Labute approximate surface area is 200 Å². The van der Waals surface area contributed by atoms with Crippen molar-refractivity contribution < 1.29 is 23.7 Å². The van der Waals surface area contributed by atoms with E-state index < -0.39 is 0 Å². The second-order valence-electron chi connectivity index (χ2n) is 8.81. The third-order valence-electron chi connectivity index (χ3n) is 6.17. The molecule has 2 aliphatic heterocycles. The summed E-state index contributed by atoms with van der Waals surface area (Å²) in [6.45, 7) is 4.61. The first kappa shape index (κ1) is 22.3. The Kier molecular flexibility index (Phi) is 6.67. The van der Waals surface area contributed by atoms with E-state index in [2.05, 4.69) is 0 Å². The molecule has 2 aliphatic rings. The zero-order chi connectivity index (χ0) is 23.3. The zero-order valence-corrected chi connectivity index (χ0v) is 19.4. The molecule has 5 rings (SSSR count). The van der Waals surface area contributed by atoms with Crippen LogP contribution in [0.2, 0.25) is 0 Å². The number of carbonyl (C=O) groups is 1. The van der Waals surface area contributed by atoms with Crippen molar-refractivity contribution in [1.29, 1.82) is 0 Å². The van der Waals surface area contributed by atoms with Gasteiger partial charge in [0.15, 0.2) is 11.5 Å². The van der Waals surface area contributed by atoms with Crippen molar-refractivity contribution in [1.82, 2.24) is 4.90 Å². The molecular weight excluding hydrogens is 430 g/mol. The lowest BCUT2D eigenvalue weighted by Crippen LogP contribution is -2.37. The molecule has 3 aromatic rings. The van der Waals surface area contributed by atoms with Gasteiger partial charge in [-0.25, -0.2) is 0 Å². The molecular formula is C28H29NO5. The maximum Gasteiger partial charge on any atom is 0.254 e. The summed E-state index contributed by atoms with van der Waals surface area (Å²) in [7, 11) is 0. The summed E-state index contributed by atoms with van der Waals surface area (Å²) >= 11 is 0. The molecule has 1 unspecified atom stereocenters. The van der Waals surface area contributed by atoms with Gasteiger partial charge in [-0.05, 0) is 67.3 Å². The minimum absolute atomic E-state index is 0.0265. The first-order valence-electron chi connectivity index (χ1n) is 11.7. The molecule has 1 atom stereocenters. The zero-order valence-electron chi connectivity index (χ0n) is 19.4. The van der Waals surface area contributed by atoms with Crippen LogP contribution < -0.4 is 14.2 Å². The van der Waals surface area contributed by atoms with Gasteiger partial charge in [-0.2, -0.15) is 0 Å². The summed E-state index contributed by atoms with van der Waals surface area (Å²) < 4.78 is 22.6. The number of rotatable bonds is 8. The van der Waals surface area contributed by atoms with Gasteiger partial charge in [-0.3, -0.25) is 4.79 Å². The van der Waals surface area contributed by atoms with E-state index >= 15 is 0 Å². The number of benzene rings is 3. The predicted molar refractivity (Wildman–Crippen MR) is 128 cm³/mol. The summed E-state index contributed by atoms with van der Waals surface area (Å²) in [5, 5.41) is 0. The van der Waals surface area contributed by atoms with Gasteiger partial charge < -0.3 is 23.8 Å². The van der Waals surface area contributed by atoms with E-state index in [4.69, 9.17) is 18.9 Å². The van der Waals surface area contributed by atoms with E-state index in [0.29, 0.717) is 25.3 Å². The number of hydrogen-bond acceptors (Lipinski definition) is 5. The topological polar surface area (TPSA) is 57.2 Å². The Hall–Kier alpha value is -3.51. The van der Waals surface area contributed by atoms with Crippen molar-refractivity contribution >= 4 is 5.91 Å². The van der Waals surface area contributed by atoms with Crippen LogP contribution in [0.3, 0.4) is 0 Å². The number of nitrogens with zero attached hydrogens (tertiary/aromatic N) is 1. The summed E-state index contributed by atoms with van der Waals surface area (Å²) in [4.78, 5) is 15.2. The second kappa shape index (κ2) is 10.2. The smallest absolute Gasteiger partial charge is 0.254 e. The van der Waals surface area contributed by atoms with E-state index in [-0.39, 0.29) is 18.8 Å². The average molecular weight is 460 g/mol. The molecule has 0 spiro atoms. The minimum atomic E-state index is 0.0265. The van der Waals surface area contributed by atoms with E-state index in [1.165, 1.54) is 0 Å². The summed E-state index contributed by atoms with van der Waals surface area (Å²) in [6, 6.07) is 21.5. The molecule has 0 radical (unpaired) electrons. The normalized spacial score (nSPS) is 16.4. The molecule has 0 aromatic heterocycles. The molecule has 6 heteroatoms. The van der Waals surface area contributed by atoms with Crippen LogP contribution in [0.5, 0.6) is 17.2 Å². The van der Waals surface area contributed by atoms with E-state index in [0.717, 1.165) is 53.4 Å². The molecule has 1 fully saturated rings. The van der Waals surface area contributed by atoms with Crippen LogP contribution in [0.4, 0.5) is 0 Å². The van der Waals surface area contributed by atoms with Crippen molar-refractivity contribution in [3.8, 4) is 17.2 Å². The van der Waals surface area contributed by atoms with Gasteiger partial charge in [0.05, 0.1) is 6.10 Å². The monoisotopic (exact) mass is 459 g/mol. The lowest BCUT2D eigenvalue weighted by molar-refractivity contribution is 0.0507. The van der Waals surface area contributed by atoms with Crippen molar-refractivity contribution in [2.75, 3.05) is 19.9 Å². The predicted octanol–water partition coefficient (Wildman–Crippen LogP) is 5.12. The van der Waals surface area contributed by atoms with Gasteiger partial charge >= 0.3 is 0 Å². The molecule has 2 heterocycles. The maximum atomic E-state index is 13.3. The molecule has 0 saturated carbocycles. The standard InChI is InChI=1S/C28H29NO5/c1-20-4-9-23(10-5-20)28(30)29(17-25-3-2-14-31-25)16-21-6-11-24(12-7-21)32-18-22-8-13-26-27(15-22)34-19-33-26/h4-13,15,25H,2-3,14,16-19H2,1H3. The summed E-state index contributed by atoms with van der Waals surface area (Å²) in [6.07, 6.45) is 2.13. The third-order valence-corrected chi connectivity index (χ3v) is 6.17. The molecule has 0 N–H and O–H groups in total. The van der Waals surface area contributed by atoms with Crippen molar-refractivity contribution in [2.24, 2.45) is 0 Å². The van der Waals surface area contributed by atoms with Crippen LogP contribution in [0.1, 0.15) is 39.9 Å². The Balaban J connectivity index is 1.23. The van der Waals surface area contributed by atoms with E-state index in [1.54, 1.807) is 0 Å². The van der Waals surface area contributed by atoms with Crippen LogP contribution in [0.25, 0.3) is 0 Å². The highest BCUT2D eigenvalue weighted by Gasteiger charge is 2.23. The molecule has 34 heavy (non-hydrogen) atoms. The highest BCUT2D eigenvalue weighted by atomic mass is 16.7. The highest BCUT2D eigenvalue weighted by Crippen LogP contribution is 2.32. The van der Waals surface area contributed by atoms with E-state index in [9.17, 15) is 4.79 Å². The Morgan fingerprint density at radius 2 is 1.74 bits per heavy atom. The van der Waals surface area contributed by atoms with Crippen LogP contribution in [0, 0.1) is 6.92 Å². The number of amides is 1. The third kappa shape index (κ3) is 5.34. The second-order valence-corrected chi connectivity index (χ2v) is 8.81. The Morgan fingerprint density at radius 3 is 2.50 bits per heavy atom. The molecule has 6 nitrogen and oxygen atoms in total. The Morgan fingerprint density at radius 1 is 0.971 bits per heavy atom. The molecule has 0 bridgehead atoms. The van der Waals surface area contributed by atoms with Gasteiger partial charge in [0.2, 0.25) is 6.79 Å². The van der Waals surface area contributed by atoms with Crippen molar-refractivity contribution in [2.45, 2.75) is 39.0 Å². The summed E-state index contributed by atoms with van der Waals surface area (Å²) in [5.74, 6) is 2.32. The SMILES string of the molecule is Cc1ccc(C(=O)N(Cc2ccc(OCc3ccc4c(c3)OCO4)cc2)CC2CCCO2)cc1. The number of carbonyl (C=O) groups excluding carboxylic acids is 1. The van der Waals surface area contributed by atoms with E-state index in [1.807, 2.05) is 78.6 Å². The number of aryl methyl sites for hydroxylation is 1. The fourth-order valence-electron chi connectivity index (χ4n) is 4.24. The first-order valence-corrected chi connectivity index (χ1v) is 11.7. The van der Waals surface area contributed by atoms with Gasteiger partial charge in [0, 0.05) is 25.3 Å². The van der Waals surface area contributed by atoms with Crippen molar-refractivity contribution in [3.05, 3.63) is 89.0 Å². The largest absolute Gasteiger partial charge is 0.489 e. The number of ether oxygens (including phenoxy) is 4. The summed E-state index contributed by atoms with van der Waals surface area (Å²) in [5.41, 5.74) is 3.90. The average Bonchev–Trinajstić information content (AvgIpc) is 3.55. The van der Waals surface area contributed by atoms with Crippen LogP contribution >= 0.6 is 0 Å². The first-order chi connectivity index (χ1) is 16.6. The van der Waals surface area contributed by atoms with Crippen LogP contribution in [-0.2, 0) is 17.9 Å². The molecule has 176 valence electrons.